The zero-order valence-electron chi connectivity index (χ0n) is 14.6. The van der Waals surface area contributed by atoms with Crippen molar-refractivity contribution in [1.82, 2.24) is 0 Å². The highest BCUT2D eigenvalue weighted by molar-refractivity contribution is 6.42. The van der Waals surface area contributed by atoms with Crippen LogP contribution in [-0.2, 0) is 12.8 Å². The molecule has 3 nitrogen and oxygen atoms in total. The third-order valence-corrected chi connectivity index (χ3v) is 5.90. The summed E-state index contributed by atoms with van der Waals surface area (Å²) in [6, 6.07) is 11.8. The van der Waals surface area contributed by atoms with Crippen molar-refractivity contribution in [3.05, 3.63) is 69.6 Å². The minimum atomic E-state index is 0.242. The van der Waals surface area contributed by atoms with Gasteiger partial charge in [0.15, 0.2) is 11.5 Å². The van der Waals surface area contributed by atoms with E-state index < -0.39 is 0 Å². The molecule has 1 aliphatic heterocycles. The van der Waals surface area contributed by atoms with Gasteiger partial charge in [0.05, 0.1) is 16.3 Å². The molecule has 0 unspecified atom stereocenters. The van der Waals surface area contributed by atoms with Crippen molar-refractivity contribution in [1.29, 1.82) is 0 Å². The summed E-state index contributed by atoms with van der Waals surface area (Å²) < 4.78 is 17.4. The summed E-state index contributed by atoms with van der Waals surface area (Å²) in [4.78, 5) is 0. The maximum atomic E-state index is 6.30. The third-order valence-electron chi connectivity index (χ3n) is 5.16. The predicted octanol–water partition coefficient (Wildman–Crippen LogP) is 6.53. The Kier molecular flexibility index (Phi) is 4.30. The van der Waals surface area contributed by atoms with Gasteiger partial charge in [-0.25, -0.2) is 0 Å². The number of fused-ring (bicyclic) bond motifs is 1. The summed E-state index contributed by atoms with van der Waals surface area (Å²) in [5, 5.41) is 1.06. The maximum Gasteiger partial charge on any atom is 0.231 e. The molecule has 2 heterocycles. The lowest BCUT2D eigenvalue weighted by Gasteiger charge is -2.16. The smallest absolute Gasteiger partial charge is 0.231 e. The van der Waals surface area contributed by atoms with E-state index in [-0.39, 0.29) is 6.79 Å². The van der Waals surface area contributed by atoms with Crippen LogP contribution in [0.15, 0.2) is 47.1 Å². The average molecular weight is 401 g/mol. The summed E-state index contributed by atoms with van der Waals surface area (Å²) in [5.74, 6) is 3.33. The molecule has 1 aromatic heterocycles. The zero-order valence-corrected chi connectivity index (χ0v) is 16.1. The third kappa shape index (κ3) is 3.30. The van der Waals surface area contributed by atoms with Crippen molar-refractivity contribution in [3.8, 4) is 22.6 Å². The molecule has 1 fully saturated rings. The van der Waals surface area contributed by atoms with Crippen LogP contribution in [0.5, 0.6) is 11.5 Å². The number of halogens is 2. The van der Waals surface area contributed by atoms with Crippen molar-refractivity contribution in [2.75, 3.05) is 6.79 Å². The molecular formula is C22H18Cl2O3. The lowest BCUT2D eigenvalue weighted by atomic mass is 9.91. The quantitative estimate of drug-likeness (QED) is 0.487. The molecule has 3 aromatic rings. The molecule has 5 rings (SSSR count). The van der Waals surface area contributed by atoms with Crippen LogP contribution in [0, 0.1) is 5.92 Å². The molecule has 0 amide bonds. The topological polar surface area (TPSA) is 31.6 Å². The molecule has 0 N–H and O–H groups in total. The van der Waals surface area contributed by atoms with Gasteiger partial charge in [-0.2, -0.15) is 0 Å². The first kappa shape index (κ1) is 17.0. The lowest BCUT2D eigenvalue weighted by molar-refractivity contribution is 0.173. The Labute approximate surface area is 167 Å². The van der Waals surface area contributed by atoms with Crippen LogP contribution in [-0.4, -0.2) is 6.79 Å². The van der Waals surface area contributed by atoms with Gasteiger partial charge in [0.2, 0.25) is 6.79 Å². The van der Waals surface area contributed by atoms with Gasteiger partial charge in [0, 0.05) is 12.0 Å². The fourth-order valence-electron chi connectivity index (χ4n) is 3.69. The van der Waals surface area contributed by atoms with E-state index in [9.17, 15) is 0 Å². The minimum absolute atomic E-state index is 0.242. The molecule has 2 aliphatic rings. The van der Waals surface area contributed by atoms with Crippen molar-refractivity contribution >= 4 is 23.2 Å². The molecule has 27 heavy (non-hydrogen) atoms. The van der Waals surface area contributed by atoms with Gasteiger partial charge in [0.25, 0.3) is 0 Å². The van der Waals surface area contributed by atoms with Gasteiger partial charge < -0.3 is 13.9 Å². The molecule has 0 bridgehead atoms. The fraction of sp³-hybridized carbons (Fsp3) is 0.273. The van der Waals surface area contributed by atoms with Gasteiger partial charge in [0.1, 0.15) is 5.76 Å². The van der Waals surface area contributed by atoms with E-state index >= 15 is 0 Å². The Bertz CT molecular complexity index is 991. The zero-order chi connectivity index (χ0) is 18.4. The van der Waals surface area contributed by atoms with Gasteiger partial charge in [-0.1, -0.05) is 35.3 Å². The van der Waals surface area contributed by atoms with Gasteiger partial charge >= 0.3 is 0 Å². The number of furan rings is 1. The summed E-state index contributed by atoms with van der Waals surface area (Å²) in [6.45, 7) is 0.242. The van der Waals surface area contributed by atoms with Gasteiger partial charge in [-0.05, 0) is 66.1 Å². The first-order valence-corrected chi connectivity index (χ1v) is 9.87. The summed E-state index contributed by atoms with van der Waals surface area (Å²) in [5.41, 5.74) is 4.32. The summed E-state index contributed by atoms with van der Waals surface area (Å²) >= 11 is 12.4. The molecule has 2 aromatic carbocycles. The highest BCUT2D eigenvalue weighted by Gasteiger charge is 2.30. The van der Waals surface area contributed by atoms with Crippen molar-refractivity contribution < 1.29 is 13.9 Å². The second-order valence-corrected chi connectivity index (χ2v) is 7.98. The van der Waals surface area contributed by atoms with Crippen LogP contribution in [0.25, 0.3) is 11.1 Å². The van der Waals surface area contributed by atoms with E-state index in [1.165, 1.54) is 18.4 Å². The first-order chi connectivity index (χ1) is 13.2. The Hall–Kier alpha value is -2.10. The van der Waals surface area contributed by atoms with E-state index in [0.29, 0.717) is 16.5 Å². The van der Waals surface area contributed by atoms with Crippen LogP contribution >= 0.6 is 23.2 Å². The van der Waals surface area contributed by atoms with E-state index in [1.54, 1.807) is 6.26 Å². The van der Waals surface area contributed by atoms with E-state index in [0.717, 1.165) is 46.3 Å². The normalized spacial score (nSPS) is 15.3. The molecule has 5 heteroatoms. The van der Waals surface area contributed by atoms with Crippen LogP contribution in [0.1, 0.15) is 29.7 Å². The van der Waals surface area contributed by atoms with E-state index in [2.05, 4.69) is 6.07 Å². The van der Waals surface area contributed by atoms with Crippen LogP contribution < -0.4 is 9.47 Å². The monoisotopic (exact) mass is 400 g/mol. The van der Waals surface area contributed by atoms with E-state index in [1.807, 2.05) is 30.3 Å². The van der Waals surface area contributed by atoms with Crippen LogP contribution in [0.3, 0.4) is 0 Å². The predicted molar refractivity (Wildman–Crippen MR) is 106 cm³/mol. The number of hydrogen-bond acceptors (Lipinski definition) is 3. The standard InChI is InChI=1S/C22H18Cl2O3/c23-18-6-5-14(11-19(18)24)20-15(10-17-2-1-7-25-17)9-16(8-13-3-4-13)21-22(20)27-12-26-21/h1-2,5-7,9,11,13H,3-4,8,10,12H2. The van der Waals surface area contributed by atoms with Gasteiger partial charge in [-0.15, -0.1) is 0 Å². The molecule has 138 valence electrons. The molecule has 0 atom stereocenters. The second-order valence-electron chi connectivity index (χ2n) is 7.17. The largest absolute Gasteiger partial charge is 0.469 e. The van der Waals surface area contributed by atoms with Gasteiger partial charge in [-0.3, -0.25) is 0 Å². The fourth-order valence-corrected chi connectivity index (χ4v) is 3.99. The number of benzene rings is 2. The van der Waals surface area contributed by atoms with Crippen LogP contribution in [0.4, 0.5) is 0 Å². The number of hydrogen-bond donors (Lipinski definition) is 0. The number of ether oxygens (including phenoxy) is 2. The SMILES string of the molecule is Clc1ccc(-c2c(Cc3ccco3)cc(CC3CC3)c3c2OCO3)cc1Cl. The van der Waals surface area contributed by atoms with E-state index in [4.69, 9.17) is 37.1 Å². The average Bonchev–Trinajstić information content (AvgIpc) is 3.11. The Balaban J connectivity index is 1.68. The van der Waals surface area contributed by atoms with Crippen molar-refractivity contribution in [3.63, 3.8) is 0 Å². The molecule has 0 radical (unpaired) electrons. The summed E-state index contributed by atoms with van der Waals surface area (Å²) in [6.07, 6.45) is 5.98. The Morgan fingerprint density at radius 1 is 0.926 bits per heavy atom. The number of rotatable bonds is 5. The summed E-state index contributed by atoms with van der Waals surface area (Å²) in [7, 11) is 0. The van der Waals surface area contributed by atoms with Crippen LogP contribution in [0.2, 0.25) is 10.0 Å². The Morgan fingerprint density at radius 3 is 2.52 bits per heavy atom. The van der Waals surface area contributed by atoms with Crippen molar-refractivity contribution in [2.45, 2.75) is 25.7 Å². The first-order valence-electron chi connectivity index (χ1n) is 9.11. The van der Waals surface area contributed by atoms with Crippen molar-refractivity contribution in [2.24, 2.45) is 5.92 Å². The highest BCUT2D eigenvalue weighted by atomic mass is 35.5. The molecular weight excluding hydrogens is 383 g/mol. The second kappa shape index (κ2) is 6.81. The lowest BCUT2D eigenvalue weighted by Crippen LogP contribution is -1.98. The minimum Gasteiger partial charge on any atom is -0.469 e. The Morgan fingerprint density at radius 2 is 1.78 bits per heavy atom. The molecule has 0 saturated heterocycles. The molecule has 1 saturated carbocycles. The highest BCUT2D eigenvalue weighted by Crippen LogP contribution is 2.49. The maximum absolute atomic E-state index is 6.30. The molecule has 0 spiro atoms. The molecule has 1 aliphatic carbocycles.